The number of carbonyl (C=O) groups excluding carboxylic acids is 1. The maximum Gasteiger partial charge on any atom is 0.140 e. The molecule has 78 valence electrons. The molecule has 0 fully saturated rings. The number of rotatable bonds is 6. The van der Waals surface area contributed by atoms with Crippen molar-refractivity contribution in [2.75, 3.05) is 6.54 Å². The van der Waals surface area contributed by atoms with Crippen LogP contribution in [-0.2, 0) is 4.79 Å². The van der Waals surface area contributed by atoms with Gasteiger partial charge < -0.3 is 5.73 Å². The third-order valence-electron chi connectivity index (χ3n) is 2.58. The van der Waals surface area contributed by atoms with Crippen LogP contribution in [0.5, 0.6) is 0 Å². The predicted octanol–water partition coefficient (Wildman–Crippen LogP) is 2.37. The second-order valence-corrected chi connectivity index (χ2v) is 4.61. The molecule has 0 aromatic heterocycles. The molecule has 13 heavy (non-hydrogen) atoms. The molecule has 0 aliphatic rings. The Hall–Kier alpha value is -0.370. The highest BCUT2D eigenvalue weighted by Crippen LogP contribution is 2.21. The number of hydrogen-bond acceptors (Lipinski definition) is 2. The molecule has 0 aromatic carbocycles. The summed E-state index contributed by atoms with van der Waals surface area (Å²) < 4.78 is 0. The minimum Gasteiger partial charge on any atom is -0.329 e. The van der Waals surface area contributed by atoms with Crippen molar-refractivity contribution in [3.05, 3.63) is 0 Å². The average Bonchev–Trinajstić information content (AvgIpc) is 2.04. The number of nitrogens with two attached hydrogens (primary N) is 1. The Kier molecular flexibility index (Phi) is 5.23. The van der Waals surface area contributed by atoms with Gasteiger partial charge in [-0.3, -0.25) is 4.79 Å². The molecule has 0 aliphatic carbocycles. The van der Waals surface area contributed by atoms with E-state index in [1.165, 1.54) is 0 Å². The third kappa shape index (κ3) is 4.41. The summed E-state index contributed by atoms with van der Waals surface area (Å²) in [6.45, 7) is 8.58. The molecule has 0 saturated heterocycles. The first kappa shape index (κ1) is 12.6. The quantitative estimate of drug-likeness (QED) is 0.690. The number of ketones is 1. The molecular weight excluding hydrogens is 162 g/mol. The monoisotopic (exact) mass is 185 g/mol. The zero-order valence-electron chi connectivity index (χ0n) is 9.39. The maximum absolute atomic E-state index is 11.7. The van der Waals surface area contributed by atoms with Crippen LogP contribution >= 0.6 is 0 Å². The summed E-state index contributed by atoms with van der Waals surface area (Å²) in [4.78, 5) is 11.7. The summed E-state index contributed by atoms with van der Waals surface area (Å²) in [6, 6.07) is 0. The summed E-state index contributed by atoms with van der Waals surface area (Å²) in [5.74, 6) is 0.805. The van der Waals surface area contributed by atoms with Gasteiger partial charge in [-0.05, 0) is 5.92 Å². The Bertz CT molecular complexity index is 163. The van der Waals surface area contributed by atoms with E-state index in [0.29, 0.717) is 24.7 Å². The fourth-order valence-corrected chi connectivity index (χ4v) is 1.30. The van der Waals surface area contributed by atoms with E-state index in [-0.39, 0.29) is 5.41 Å². The Morgan fingerprint density at radius 3 is 2.38 bits per heavy atom. The van der Waals surface area contributed by atoms with Gasteiger partial charge in [0.05, 0.1) is 0 Å². The minimum absolute atomic E-state index is 0.302. The van der Waals surface area contributed by atoms with Crippen LogP contribution in [0.25, 0.3) is 0 Å². The van der Waals surface area contributed by atoms with Crippen LogP contribution in [-0.4, -0.2) is 12.3 Å². The van der Waals surface area contributed by atoms with Crippen LogP contribution in [0.2, 0.25) is 0 Å². The summed E-state index contributed by atoms with van der Waals surface area (Å²) in [5.41, 5.74) is 5.20. The fraction of sp³-hybridized carbons (Fsp3) is 0.909. The van der Waals surface area contributed by atoms with E-state index in [0.717, 1.165) is 12.8 Å². The van der Waals surface area contributed by atoms with Crippen molar-refractivity contribution in [2.24, 2.45) is 17.1 Å². The van der Waals surface area contributed by atoms with Crippen molar-refractivity contribution in [3.8, 4) is 0 Å². The molecule has 0 amide bonds. The Morgan fingerprint density at radius 1 is 1.46 bits per heavy atom. The molecule has 0 spiro atoms. The molecule has 0 heterocycles. The first-order valence-corrected chi connectivity index (χ1v) is 5.17. The third-order valence-corrected chi connectivity index (χ3v) is 2.58. The number of hydrogen-bond donors (Lipinski definition) is 1. The molecule has 2 nitrogen and oxygen atoms in total. The lowest BCUT2D eigenvalue weighted by Crippen LogP contribution is -2.33. The Morgan fingerprint density at radius 2 is 2.00 bits per heavy atom. The highest BCUT2D eigenvalue weighted by molar-refractivity contribution is 5.84. The van der Waals surface area contributed by atoms with Crippen molar-refractivity contribution in [1.29, 1.82) is 0 Å². The number of Topliss-reactive ketones (excluding diaryl/α,β-unsaturated/α-hetero) is 1. The number of carbonyl (C=O) groups is 1. The van der Waals surface area contributed by atoms with Crippen LogP contribution in [0, 0.1) is 11.3 Å². The molecule has 0 saturated carbocycles. The fourth-order valence-electron chi connectivity index (χ4n) is 1.30. The minimum atomic E-state index is -0.331. The van der Waals surface area contributed by atoms with Crippen LogP contribution in [0.4, 0.5) is 0 Å². The average molecular weight is 185 g/mol. The lowest BCUT2D eigenvalue weighted by molar-refractivity contribution is -0.127. The SMILES string of the molecule is CCCC(C)CC(=O)C(C)(C)CN. The Balaban J connectivity index is 3.99. The van der Waals surface area contributed by atoms with E-state index < -0.39 is 0 Å². The van der Waals surface area contributed by atoms with Crippen LogP contribution < -0.4 is 5.73 Å². The molecule has 0 bridgehead atoms. The van der Waals surface area contributed by atoms with E-state index in [2.05, 4.69) is 13.8 Å². The van der Waals surface area contributed by atoms with Crippen molar-refractivity contribution in [1.82, 2.24) is 0 Å². The van der Waals surface area contributed by atoms with Crippen LogP contribution in [0.3, 0.4) is 0 Å². The summed E-state index contributed by atoms with van der Waals surface area (Å²) >= 11 is 0. The second kappa shape index (κ2) is 5.38. The molecule has 0 rings (SSSR count). The molecule has 2 heteroatoms. The van der Waals surface area contributed by atoms with Crippen LogP contribution in [0.15, 0.2) is 0 Å². The van der Waals surface area contributed by atoms with Crippen LogP contribution in [0.1, 0.15) is 47.0 Å². The van der Waals surface area contributed by atoms with E-state index >= 15 is 0 Å². The molecule has 0 aromatic rings. The van der Waals surface area contributed by atoms with Gasteiger partial charge in [-0.25, -0.2) is 0 Å². The maximum atomic E-state index is 11.7. The first-order chi connectivity index (χ1) is 5.94. The van der Waals surface area contributed by atoms with Gasteiger partial charge in [-0.1, -0.05) is 40.5 Å². The molecule has 2 N–H and O–H groups in total. The highest BCUT2D eigenvalue weighted by Gasteiger charge is 2.26. The van der Waals surface area contributed by atoms with Crippen molar-refractivity contribution in [3.63, 3.8) is 0 Å². The zero-order valence-corrected chi connectivity index (χ0v) is 9.39. The van der Waals surface area contributed by atoms with Gasteiger partial charge in [0.15, 0.2) is 0 Å². The van der Waals surface area contributed by atoms with E-state index in [9.17, 15) is 4.79 Å². The van der Waals surface area contributed by atoms with E-state index in [4.69, 9.17) is 5.73 Å². The van der Waals surface area contributed by atoms with Gasteiger partial charge in [0.2, 0.25) is 0 Å². The lowest BCUT2D eigenvalue weighted by atomic mass is 9.83. The highest BCUT2D eigenvalue weighted by atomic mass is 16.1. The molecular formula is C11H23NO. The molecule has 1 atom stereocenters. The smallest absolute Gasteiger partial charge is 0.140 e. The summed E-state index contributed by atoms with van der Waals surface area (Å²) in [5, 5.41) is 0. The zero-order chi connectivity index (χ0) is 10.5. The van der Waals surface area contributed by atoms with E-state index in [1.807, 2.05) is 13.8 Å². The van der Waals surface area contributed by atoms with Crippen molar-refractivity contribution < 1.29 is 4.79 Å². The summed E-state index contributed by atoms with van der Waals surface area (Å²) in [7, 11) is 0. The normalized spacial score (nSPS) is 14.2. The van der Waals surface area contributed by atoms with Crippen molar-refractivity contribution in [2.45, 2.75) is 47.0 Å². The predicted molar refractivity (Wildman–Crippen MR) is 56.5 cm³/mol. The van der Waals surface area contributed by atoms with Gasteiger partial charge in [0, 0.05) is 18.4 Å². The van der Waals surface area contributed by atoms with Gasteiger partial charge in [-0.15, -0.1) is 0 Å². The first-order valence-electron chi connectivity index (χ1n) is 5.17. The second-order valence-electron chi connectivity index (χ2n) is 4.61. The molecule has 1 unspecified atom stereocenters. The van der Waals surface area contributed by atoms with Gasteiger partial charge >= 0.3 is 0 Å². The van der Waals surface area contributed by atoms with Gasteiger partial charge in [0.1, 0.15) is 5.78 Å². The largest absolute Gasteiger partial charge is 0.329 e. The van der Waals surface area contributed by atoms with Gasteiger partial charge in [-0.2, -0.15) is 0 Å². The molecule has 0 aliphatic heterocycles. The standard InChI is InChI=1S/C11H23NO/c1-5-6-9(2)7-10(13)11(3,4)8-12/h9H,5-8,12H2,1-4H3. The van der Waals surface area contributed by atoms with Gasteiger partial charge in [0.25, 0.3) is 0 Å². The van der Waals surface area contributed by atoms with E-state index in [1.54, 1.807) is 0 Å². The van der Waals surface area contributed by atoms with Crippen molar-refractivity contribution >= 4 is 5.78 Å². The molecule has 0 radical (unpaired) electrons. The lowest BCUT2D eigenvalue weighted by Gasteiger charge is -2.22. The topological polar surface area (TPSA) is 43.1 Å². The summed E-state index contributed by atoms with van der Waals surface area (Å²) in [6.07, 6.45) is 2.96. The Labute approximate surface area is 81.9 Å².